The fourth-order valence-electron chi connectivity index (χ4n) is 4.65. The van der Waals surface area contributed by atoms with Crippen LogP contribution in [0, 0.1) is 0 Å². The van der Waals surface area contributed by atoms with Gasteiger partial charge in [0, 0.05) is 54.4 Å². The van der Waals surface area contributed by atoms with Gasteiger partial charge in [-0.15, -0.1) is 0 Å². The number of hydrogen-bond donors (Lipinski definition) is 5. The molecular weight excluding hydrogens is 466 g/mol. The van der Waals surface area contributed by atoms with Crippen molar-refractivity contribution >= 4 is 22.6 Å². The minimum atomic E-state index is -0.198. The first-order chi connectivity index (χ1) is 18.1. The summed E-state index contributed by atoms with van der Waals surface area (Å²) >= 11 is 0. The molecule has 0 saturated carbocycles. The number of nitrogens with one attached hydrogen (secondary N) is 4. The summed E-state index contributed by atoms with van der Waals surface area (Å²) in [6, 6.07) is 3.85. The van der Waals surface area contributed by atoms with Gasteiger partial charge in [0.25, 0.3) is 0 Å². The number of H-pyrrole nitrogens is 1. The number of nitrogens with zero attached hydrogens (tertiary/aromatic N) is 3. The van der Waals surface area contributed by atoms with Crippen LogP contribution in [0.5, 0.6) is 0 Å². The second-order valence-electron chi connectivity index (χ2n) is 9.16. The van der Waals surface area contributed by atoms with Gasteiger partial charge in [-0.05, 0) is 55.5 Å². The number of amides is 2. The minimum Gasteiger partial charge on any atom is -0.395 e. The molecule has 192 valence electrons. The molecule has 9 heteroatoms. The average molecular weight is 500 g/mol. The molecule has 1 atom stereocenters. The fourth-order valence-corrected chi connectivity index (χ4v) is 4.65. The summed E-state index contributed by atoms with van der Waals surface area (Å²) in [7, 11) is 0. The van der Waals surface area contributed by atoms with Crippen molar-refractivity contribution in [2.24, 2.45) is 0 Å². The highest BCUT2D eigenvalue weighted by Crippen LogP contribution is 2.35. The van der Waals surface area contributed by atoms with E-state index >= 15 is 0 Å². The van der Waals surface area contributed by atoms with Crippen LogP contribution in [0.4, 0.5) is 4.79 Å². The van der Waals surface area contributed by atoms with Crippen LogP contribution < -0.4 is 16.0 Å². The number of carbonyl (C=O) groups is 1. The van der Waals surface area contributed by atoms with Crippen LogP contribution in [-0.4, -0.2) is 50.1 Å². The minimum absolute atomic E-state index is 0.0834. The monoisotopic (exact) mass is 499 g/mol. The lowest BCUT2D eigenvalue weighted by Crippen LogP contribution is -2.41. The molecule has 9 nitrogen and oxygen atoms in total. The van der Waals surface area contributed by atoms with E-state index in [2.05, 4.69) is 57.3 Å². The number of hydrogen-bond acceptors (Lipinski definition) is 5. The molecule has 0 radical (unpaired) electrons. The van der Waals surface area contributed by atoms with E-state index < -0.39 is 0 Å². The third-order valence-electron chi connectivity index (χ3n) is 6.51. The number of aromatic amines is 1. The quantitative estimate of drug-likeness (QED) is 0.287. The number of aliphatic hydroxyl groups is 1. The molecular formula is C28H33N7O2. The molecule has 3 aromatic rings. The molecule has 37 heavy (non-hydrogen) atoms. The van der Waals surface area contributed by atoms with Crippen molar-refractivity contribution in [1.82, 2.24) is 35.7 Å². The van der Waals surface area contributed by atoms with E-state index in [4.69, 9.17) is 10.2 Å². The molecule has 0 aliphatic heterocycles. The van der Waals surface area contributed by atoms with Crippen molar-refractivity contribution in [3.8, 4) is 11.1 Å². The third-order valence-corrected chi connectivity index (χ3v) is 6.51. The normalized spacial score (nSPS) is 17.1. The van der Waals surface area contributed by atoms with Crippen LogP contribution in [0.2, 0.25) is 0 Å². The van der Waals surface area contributed by atoms with Gasteiger partial charge in [-0.1, -0.05) is 30.4 Å². The van der Waals surface area contributed by atoms with E-state index in [9.17, 15) is 4.79 Å². The van der Waals surface area contributed by atoms with Gasteiger partial charge in [-0.2, -0.15) is 5.10 Å². The number of fused-ring (bicyclic) bond motifs is 1. The smallest absolute Gasteiger partial charge is 0.319 e. The van der Waals surface area contributed by atoms with Crippen LogP contribution >= 0.6 is 0 Å². The summed E-state index contributed by atoms with van der Waals surface area (Å²) in [6.45, 7) is 4.10. The Morgan fingerprint density at radius 3 is 2.92 bits per heavy atom. The maximum atomic E-state index is 12.4. The molecule has 0 saturated heterocycles. The van der Waals surface area contributed by atoms with Crippen LogP contribution in [0.15, 0.2) is 66.7 Å². The Kier molecular flexibility index (Phi) is 7.62. The van der Waals surface area contributed by atoms with Gasteiger partial charge in [0.05, 0.1) is 18.3 Å². The SMILES string of the molecule is CCn1cc(-c2ccnc3[nH]c(CNCCO)cc23)c(C2=CCC(NC(=O)NC3=CCCC=C3)C=C2)n1. The van der Waals surface area contributed by atoms with Gasteiger partial charge in [-0.3, -0.25) is 4.68 Å². The largest absolute Gasteiger partial charge is 0.395 e. The van der Waals surface area contributed by atoms with E-state index in [1.807, 2.05) is 41.2 Å². The van der Waals surface area contributed by atoms with E-state index in [1.54, 1.807) is 0 Å². The van der Waals surface area contributed by atoms with Crippen LogP contribution in [0.3, 0.4) is 0 Å². The maximum Gasteiger partial charge on any atom is 0.319 e. The van der Waals surface area contributed by atoms with E-state index in [-0.39, 0.29) is 18.7 Å². The van der Waals surface area contributed by atoms with Crippen molar-refractivity contribution < 1.29 is 9.90 Å². The summed E-state index contributed by atoms with van der Waals surface area (Å²) in [5.41, 5.74) is 6.72. The first-order valence-corrected chi connectivity index (χ1v) is 12.8. The van der Waals surface area contributed by atoms with Crippen molar-refractivity contribution in [2.75, 3.05) is 13.2 Å². The molecule has 1 unspecified atom stereocenters. The standard InChI is InChI=1S/C28H33N7O2/c1-2-35-18-25(23-12-13-30-27-24(23)16-22(31-27)17-29-14-15-36)26(34-35)19-8-10-21(11-9-19)33-28(37)32-20-6-4-3-5-7-20/h4,6-10,12-13,16,18,21,29,36H,2-3,5,11,14-15,17H2,1H3,(H,30,31)(H2,32,33,37). The van der Waals surface area contributed by atoms with Gasteiger partial charge in [0.2, 0.25) is 0 Å². The summed E-state index contributed by atoms with van der Waals surface area (Å²) in [6.07, 6.45) is 18.8. The predicted octanol–water partition coefficient (Wildman–Crippen LogP) is 3.77. The van der Waals surface area contributed by atoms with Crippen molar-refractivity contribution in [1.29, 1.82) is 0 Å². The molecule has 3 heterocycles. The highest BCUT2D eigenvalue weighted by atomic mass is 16.3. The Bertz CT molecular complexity index is 1390. The lowest BCUT2D eigenvalue weighted by atomic mass is 9.95. The Hall–Kier alpha value is -3.95. The number of aliphatic hydroxyl groups excluding tert-OH is 1. The molecule has 0 spiro atoms. The zero-order valence-electron chi connectivity index (χ0n) is 21.0. The van der Waals surface area contributed by atoms with Crippen molar-refractivity contribution in [3.63, 3.8) is 0 Å². The van der Waals surface area contributed by atoms with E-state index in [0.29, 0.717) is 19.5 Å². The summed E-state index contributed by atoms with van der Waals surface area (Å²) in [5, 5.41) is 24.1. The lowest BCUT2D eigenvalue weighted by molar-refractivity contribution is 0.241. The fraction of sp³-hybridized carbons (Fsp3) is 0.321. The number of aryl methyl sites for hydroxylation is 1. The van der Waals surface area contributed by atoms with Gasteiger partial charge in [0.1, 0.15) is 5.65 Å². The third kappa shape index (κ3) is 5.73. The number of allylic oxidation sites excluding steroid dienone is 5. The first-order valence-electron chi connectivity index (χ1n) is 12.8. The molecule has 0 bridgehead atoms. The number of urea groups is 1. The first kappa shape index (κ1) is 24.7. The average Bonchev–Trinajstić information content (AvgIpc) is 3.54. The Labute approximate surface area is 216 Å². The van der Waals surface area contributed by atoms with Gasteiger partial charge in [-0.25, -0.2) is 9.78 Å². The Morgan fingerprint density at radius 2 is 2.16 bits per heavy atom. The van der Waals surface area contributed by atoms with E-state index in [1.165, 1.54) is 0 Å². The molecule has 5 rings (SSSR count). The van der Waals surface area contributed by atoms with E-state index in [0.717, 1.165) is 64.2 Å². The van der Waals surface area contributed by atoms with Crippen LogP contribution in [0.1, 0.15) is 37.6 Å². The second kappa shape index (κ2) is 11.4. The summed E-state index contributed by atoms with van der Waals surface area (Å²) < 4.78 is 1.95. The molecule has 0 aromatic carbocycles. The van der Waals surface area contributed by atoms with Gasteiger partial charge >= 0.3 is 6.03 Å². The summed E-state index contributed by atoms with van der Waals surface area (Å²) in [4.78, 5) is 20.3. The van der Waals surface area contributed by atoms with Gasteiger partial charge in [0.15, 0.2) is 0 Å². The highest BCUT2D eigenvalue weighted by Gasteiger charge is 2.20. The predicted molar refractivity (Wildman–Crippen MR) is 145 cm³/mol. The number of aromatic nitrogens is 4. The molecule has 0 fully saturated rings. The summed E-state index contributed by atoms with van der Waals surface area (Å²) in [5.74, 6) is 0. The number of rotatable bonds is 9. The maximum absolute atomic E-state index is 12.4. The van der Waals surface area contributed by atoms with Crippen molar-refractivity contribution in [2.45, 2.75) is 45.3 Å². The molecule has 3 aromatic heterocycles. The lowest BCUT2D eigenvalue weighted by Gasteiger charge is -2.19. The number of carbonyl (C=O) groups excluding carboxylic acids is 1. The molecule has 2 amide bonds. The van der Waals surface area contributed by atoms with Crippen LogP contribution in [-0.2, 0) is 13.1 Å². The zero-order chi connectivity index (χ0) is 25.6. The molecule has 2 aliphatic carbocycles. The number of pyridine rings is 1. The Morgan fingerprint density at radius 1 is 1.24 bits per heavy atom. The van der Waals surface area contributed by atoms with Crippen LogP contribution in [0.25, 0.3) is 27.7 Å². The zero-order valence-corrected chi connectivity index (χ0v) is 21.0. The topological polar surface area (TPSA) is 120 Å². The van der Waals surface area contributed by atoms with Gasteiger partial charge < -0.3 is 26.0 Å². The highest BCUT2D eigenvalue weighted by molar-refractivity contribution is 5.97. The second-order valence-corrected chi connectivity index (χ2v) is 9.16. The molecule has 5 N–H and O–H groups in total. The Balaban J connectivity index is 1.35. The molecule has 2 aliphatic rings. The van der Waals surface area contributed by atoms with Crippen molar-refractivity contribution in [3.05, 3.63) is 78.1 Å².